The van der Waals surface area contributed by atoms with Gasteiger partial charge >= 0.3 is 5.97 Å². The Balaban J connectivity index is 1.84. The largest absolute Gasteiger partial charge is 0.460 e. The average Bonchev–Trinajstić information content (AvgIpc) is 2.97. The number of carbonyl (C=O) groups excluding carboxylic acids is 2. The van der Waals surface area contributed by atoms with E-state index in [0.29, 0.717) is 0 Å². The second kappa shape index (κ2) is 13.0. The Labute approximate surface area is 256 Å². The molecule has 1 aliphatic heterocycles. The fourth-order valence-corrected chi connectivity index (χ4v) is 8.64. The van der Waals surface area contributed by atoms with Gasteiger partial charge < -0.3 is 14.1 Å². The van der Waals surface area contributed by atoms with Crippen LogP contribution < -0.4 is 0 Å². The van der Waals surface area contributed by atoms with Crippen molar-refractivity contribution in [3.8, 4) is 0 Å². The Hall–Kier alpha value is -3.13. The maximum absolute atomic E-state index is 13.9. The molecule has 4 rings (SSSR count). The van der Waals surface area contributed by atoms with Crippen LogP contribution in [-0.4, -0.2) is 49.7 Å². The van der Waals surface area contributed by atoms with Crippen LogP contribution in [-0.2, 0) is 23.5 Å². The predicted molar refractivity (Wildman–Crippen MR) is 175 cm³/mol. The van der Waals surface area contributed by atoms with Crippen LogP contribution in [0.4, 0.5) is 0 Å². The van der Waals surface area contributed by atoms with E-state index >= 15 is 0 Å². The second-order valence-corrected chi connectivity index (χ2v) is 18.4. The van der Waals surface area contributed by atoms with E-state index in [0.717, 1.165) is 16.7 Å². The zero-order chi connectivity index (χ0) is 30.5. The van der Waals surface area contributed by atoms with Crippen molar-refractivity contribution in [2.24, 2.45) is 5.92 Å². The van der Waals surface area contributed by atoms with Crippen LogP contribution in [0.15, 0.2) is 104 Å². The number of benzene rings is 3. The van der Waals surface area contributed by atoms with Crippen molar-refractivity contribution in [1.29, 1.82) is 0 Å². The first-order valence-corrected chi connectivity index (χ1v) is 18.3. The number of amides is 1. The second-order valence-electron chi connectivity index (χ2n) is 12.3. The Bertz CT molecular complexity index is 1260. The molecule has 3 aromatic rings. The first-order valence-electron chi connectivity index (χ1n) is 14.5. The minimum Gasteiger partial charge on any atom is -0.460 e. The molecule has 0 spiro atoms. The van der Waals surface area contributed by atoms with Crippen molar-refractivity contribution in [3.63, 3.8) is 0 Å². The zero-order valence-corrected chi connectivity index (χ0v) is 27.4. The molecule has 3 atom stereocenters. The summed E-state index contributed by atoms with van der Waals surface area (Å²) in [6.45, 7) is 16.7. The summed E-state index contributed by atoms with van der Waals surface area (Å²) in [6, 6.07) is 31.2. The van der Waals surface area contributed by atoms with Gasteiger partial charge in [-0.1, -0.05) is 124 Å². The van der Waals surface area contributed by atoms with Crippen molar-refractivity contribution in [2.45, 2.75) is 62.1 Å². The maximum atomic E-state index is 13.9. The van der Waals surface area contributed by atoms with E-state index in [-0.39, 0.29) is 35.6 Å². The van der Waals surface area contributed by atoms with Crippen LogP contribution in [0.25, 0.3) is 0 Å². The number of β-lactam (4-membered cyclic amide) rings is 1. The molecule has 0 aromatic heterocycles. The summed E-state index contributed by atoms with van der Waals surface area (Å²) in [5, 5.41) is -0.346. The lowest BCUT2D eigenvalue weighted by atomic mass is 9.84. The number of hydrogen-bond acceptors (Lipinski definition) is 5. The third-order valence-electron chi connectivity index (χ3n) is 8.48. The van der Waals surface area contributed by atoms with E-state index in [4.69, 9.17) is 9.16 Å². The van der Waals surface area contributed by atoms with Crippen LogP contribution in [0.2, 0.25) is 18.1 Å². The molecule has 0 N–H and O–H groups in total. The van der Waals surface area contributed by atoms with Crippen molar-refractivity contribution in [2.75, 3.05) is 13.2 Å². The first-order chi connectivity index (χ1) is 19.9. The molecule has 42 heavy (non-hydrogen) atoms. The van der Waals surface area contributed by atoms with Crippen molar-refractivity contribution in [1.82, 2.24) is 4.90 Å². The number of thioether (sulfide) groups is 1. The van der Waals surface area contributed by atoms with Crippen LogP contribution in [0.1, 0.15) is 44.4 Å². The summed E-state index contributed by atoms with van der Waals surface area (Å²) >= 11 is 1.70. The number of nitrogens with zero attached hydrogens (tertiary/aromatic N) is 1. The normalized spacial score (nSPS) is 18.2. The van der Waals surface area contributed by atoms with Crippen LogP contribution >= 0.6 is 11.8 Å². The lowest BCUT2D eigenvalue weighted by Gasteiger charge is -2.53. The third-order valence-corrected chi connectivity index (χ3v) is 14.9. The van der Waals surface area contributed by atoms with E-state index < -0.39 is 25.0 Å². The van der Waals surface area contributed by atoms with E-state index in [1.54, 1.807) is 16.7 Å². The Morgan fingerprint density at radius 1 is 0.929 bits per heavy atom. The summed E-state index contributed by atoms with van der Waals surface area (Å²) in [4.78, 5) is 28.3. The third kappa shape index (κ3) is 6.43. The average molecular weight is 602 g/mol. The standard InChI is InChI=1S/C35H43NO4SSi/c1-8-24-39-30(37)25-36-32(38)31(26(2)40-42(6,7)34(3,4)5)33(36)41-35(27-18-12-9-13-19-27,28-20-14-10-15-21-28)29-22-16-11-17-23-29/h8-23,26,31,33H,1,24-25H2,2-7H3/t26-,31+,33-/m1/s1. The maximum Gasteiger partial charge on any atom is 0.325 e. The fourth-order valence-electron chi connectivity index (χ4n) is 5.24. The highest BCUT2D eigenvalue weighted by Crippen LogP contribution is 2.55. The summed E-state index contributed by atoms with van der Waals surface area (Å²) in [5.74, 6) is -0.959. The van der Waals surface area contributed by atoms with Gasteiger partial charge in [0, 0.05) is 0 Å². The van der Waals surface area contributed by atoms with Crippen LogP contribution in [0, 0.1) is 5.92 Å². The lowest BCUT2D eigenvalue weighted by molar-refractivity contribution is -0.163. The Morgan fingerprint density at radius 2 is 1.38 bits per heavy atom. The Kier molecular flexibility index (Phi) is 9.86. The number of rotatable bonds is 12. The predicted octanol–water partition coefficient (Wildman–Crippen LogP) is 7.64. The van der Waals surface area contributed by atoms with Gasteiger partial charge in [-0.05, 0) is 41.7 Å². The van der Waals surface area contributed by atoms with Gasteiger partial charge in [0.25, 0.3) is 0 Å². The zero-order valence-electron chi connectivity index (χ0n) is 25.6. The van der Waals surface area contributed by atoms with E-state index in [1.165, 1.54) is 6.08 Å². The summed E-state index contributed by atoms with van der Waals surface area (Å²) in [5.41, 5.74) is 3.29. The highest BCUT2D eigenvalue weighted by Gasteiger charge is 2.56. The molecule has 7 heteroatoms. The van der Waals surface area contributed by atoms with E-state index in [9.17, 15) is 9.59 Å². The monoisotopic (exact) mass is 601 g/mol. The highest BCUT2D eigenvalue weighted by atomic mass is 32.2. The van der Waals surface area contributed by atoms with Gasteiger partial charge in [-0.2, -0.15) is 0 Å². The molecule has 1 aliphatic rings. The number of likely N-dealkylation sites (tertiary alicyclic amines) is 1. The summed E-state index contributed by atoms with van der Waals surface area (Å²) in [6.07, 6.45) is 1.21. The molecule has 0 unspecified atom stereocenters. The van der Waals surface area contributed by atoms with Crippen LogP contribution in [0.3, 0.4) is 0 Å². The van der Waals surface area contributed by atoms with Crippen molar-refractivity contribution < 1.29 is 18.8 Å². The molecular weight excluding hydrogens is 559 g/mol. The molecule has 1 saturated heterocycles. The molecule has 1 heterocycles. The molecule has 5 nitrogen and oxygen atoms in total. The van der Waals surface area contributed by atoms with Gasteiger partial charge in [-0.3, -0.25) is 9.59 Å². The molecule has 222 valence electrons. The van der Waals surface area contributed by atoms with Crippen LogP contribution in [0.5, 0.6) is 0 Å². The molecule has 1 amide bonds. The minimum atomic E-state index is -2.18. The molecule has 0 radical (unpaired) electrons. The molecule has 0 saturated carbocycles. The summed E-state index contributed by atoms with van der Waals surface area (Å²) < 4.78 is 11.5. The van der Waals surface area contributed by atoms with Crippen molar-refractivity contribution in [3.05, 3.63) is 120 Å². The number of carbonyl (C=O) groups is 2. The highest BCUT2D eigenvalue weighted by molar-refractivity contribution is 8.01. The first kappa shape index (κ1) is 31.8. The van der Waals surface area contributed by atoms with Gasteiger partial charge in [0.2, 0.25) is 5.91 Å². The number of hydrogen-bond donors (Lipinski definition) is 0. The number of esters is 1. The minimum absolute atomic E-state index is 0.00719. The van der Waals surface area contributed by atoms with Crippen molar-refractivity contribution >= 4 is 32.0 Å². The molecule has 0 aliphatic carbocycles. The fraction of sp³-hybridized carbons (Fsp3) is 0.371. The molecular formula is C35H43NO4SSi. The quantitative estimate of drug-likeness (QED) is 0.0702. The van der Waals surface area contributed by atoms with Gasteiger partial charge in [0.15, 0.2) is 8.32 Å². The van der Waals surface area contributed by atoms with Gasteiger partial charge in [-0.15, -0.1) is 11.8 Å². The topological polar surface area (TPSA) is 55.8 Å². The summed E-state index contributed by atoms with van der Waals surface area (Å²) in [7, 11) is -2.18. The van der Waals surface area contributed by atoms with Gasteiger partial charge in [0.05, 0.1) is 22.1 Å². The van der Waals surface area contributed by atoms with Gasteiger partial charge in [0.1, 0.15) is 13.2 Å². The SMILES string of the molecule is C=CCOC(=O)CN1C(=O)[C@H]([C@@H](C)O[Si](C)(C)C(C)(C)C)[C@H]1SC(c1ccccc1)(c1ccccc1)c1ccccc1. The smallest absolute Gasteiger partial charge is 0.325 e. The van der Waals surface area contributed by atoms with Gasteiger partial charge in [-0.25, -0.2) is 0 Å². The lowest BCUT2D eigenvalue weighted by Crippen LogP contribution is -2.66. The molecule has 1 fully saturated rings. The van der Waals surface area contributed by atoms with E-state index in [2.05, 4.69) is 76.8 Å². The Morgan fingerprint density at radius 3 is 1.79 bits per heavy atom. The number of ether oxygens (including phenoxy) is 1. The molecule has 0 bridgehead atoms. The molecule has 3 aromatic carbocycles. The van der Waals surface area contributed by atoms with E-state index in [1.807, 2.05) is 61.5 Å².